The van der Waals surface area contributed by atoms with Crippen molar-refractivity contribution in [2.75, 3.05) is 25.6 Å². The standard InChI is InChI=1S/C13H23N5O/c1-4-10(2)18(3)8-7-16-13(19)11-9-15-6-5-12(11)17-14/h5-6,9-10H,4,7-8,14H2,1-3H3,(H,15,17)(H,16,19). The average Bonchev–Trinajstić information content (AvgIpc) is 2.45. The Kier molecular flexibility index (Phi) is 6.24. The third-order valence-electron chi connectivity index (χ3n) is 3.31. The number of aromatic nitrogens is 1. The lowest BCUT2D eigenvalue weighted by atomic mass is 10.2. The molecule has 1 rings (SSSR count). The van der Waals surface area contributed by atoms with Crippen LogP contribution in [0.3, 0.4) is 0 Å². The van der Waals surface area contributed by atoms with E-state index in [1.165, 1.54) is 6.20 Å². The average molecular weight is 265 g/mol. The fourth-order valence-electron chi connectivity index (χ4n) is 1.67. The molecule has 0 saturated carbocycles. The van der Waals surface area contributed by atoms with Crippen molar-refractivity contribution in [3.8, 4) is 0 Å². The Hall–Kier alpha value is -1.66. The molecule has 1 aromatic heterocycles. The summed E-state index contributed by atoms with van der Waals surface area (Å²) >= 11 is 0. The van der Waals surface area contributed by atoms with Crippen molar-refractivity contribution in [3.63, 3.8) is 0 Å². The first-order chi connectivity index (χ1) is 9.10. The maximum Gasteiger partial charge on any atom is 0.255 e. The highest BCUT2D eigenvalue weighted by atomic mass is 16.1. The quantitative estimate of drug-likeness (QED) is 0.502. The van der Waals surface area contributed by atoms with Crippen LogP contribution in [0.1, 0.15) is 30.6 Å². The molecule has 1 aromatic rings. The van der Waals surface area contributed by atoms with Crippen molar-refractivity contribution < 1.29 is 4.79 Å². The molecule has 0 fully saturated rings. The maximum absolute atomic E-state index is 12.0. The molecule has 0 saturated heterocycles. The van der Waals surface area contributed by atoms with E-state index in [9.17, 15) is 4.79 Å². The predicted molar refractivity (Wildman–Crippen MR) is 76.8 cm³/mol. The van der Waals surface area contributed by atoms with Crippen LogP contribution in [0.15, 0.2) is 18.5 Å². The molecule has 106 valence electrons. The Labute approximate surface area is 114 Å². The van der Waals surface area contributed by atoms with E-state index in [1.54, 1.807) is 12.3 Å². The zero-order valence-corrected chi connectivity index (χ0v) is 11.8. The van der Waals surface area contributed by atoms with Crippen molar-refractivity contribution in [3.05, 3.63) is 24.0 Å². The van der Waals surface area contributed by atoms with Crippen molar-refractivity contribution in [2.24, 2.45) is 5.84 Å². The molecule has 0 aromatic carbocycles. The van der Waals surface area contributed by atoms with Crippen LogP contribution in [0.5, 0.6) is 0 Å². The van der Waals surface area contributed by atoms with Crippen molar-refractivity contribution in [1.82, 2.24) is 15.2 Å². The van der Waals surface area contributed by atoms with E-state index in [0.717, 1.165) is 13.0 Å². The van der Waals surface area contributed by atoms with Gasteiger partial charge in [-0.15, -0.1) is 0 Å². The molecule has 1 amide bonds. The van der Waals surface area contributed by atoms with Gasteiger partial charge in [-0.3, -0.25) is 15.6 Å². The highest BCUT2D eigenvalue weighted by molar-refractivity contribution is 5.99. The Bertz CT molecular complexity index is 410. The number of nitrogens with zero attached hydrogens (tertiary/aromatic N) is 2. The van der Waals surface area contributed by atoms with Crippen LogP contribution in [0.4, 0.5) is 5.69 Å². The van der Waals surface area contributed by atoms with Crippen LogP contribution in [0, 0.1) is 0 Å². The molecule has 0 aliphatic carbocycles. The van der Waals surface area contributed by atoms with Gasteiger partial charge in [0.1, 0.15) is 0 Å². The van der Waals surface area contributed by atoms with E-state index in [4.69, 9.17) is 5.84 Å². The topological polar surface area (TPSA) is 83.3 Å². The molecule has 0 radical (unpaired) electrons. The second kappa shape index (κ2) is 7.70. The number of nitrogens with two attached hydrogens (primary N) is 1. The number of rotatable bonds is 7. The number of anilines is 1. The second-order valence-corrected chi connectivity index (χ2v) is 4.56. The van der Waals surface area contributed by atoms with Crippen molar-refractivity contribution in [1.29, 1.82) is 0 Å². The number of carbonyl (C=O) groups is 1. The van der Waals surface area contributed by atoms with Gasteiger partial charge < -0.3 is 15.6 Å². The zero-order valence-electron chi connectivity index (χ0n) is 11.8. The number of hydrazine groups is 1. The molecule has 6 nitrogen and oxygen atoms in total. The highest BCUT2D eigenvalue weighted by Gasteiger charge is 2.11. The van der Waals surface area contributed by atoms with Gasteiger partial charge in [0.2, 0.25) is 0 Å². The van der Waals surface area contributed by atoms with Gasteiger partial charge >= 0.3 is 0 Å². The van der Waals surface area contributed by atoms with Gasteiger partial charge in [-0.05, 0) is 26.5 Å². The molecular weight excluding hydrogens is 242 g/mol. The lowest BCUT2D eigenvalue weighted by Crippen LogP contribution is -2.37. The highest BCUT2D eigenvalue weighted by Crippen LogP contribution is 2.11. The molecule has 19 heavy (non-hydrogen) atoms. The Morgan fingerprint density at radius 3 is 2.95 bits per heavy atom. The van der Waals surface area contributed by atoms with Crippen LogP contribution in [0.2, 0.25) is 0 Å². The summed E-state index contributed by atoms with van der Waals surface area (Å²) in [5.74, 6) is 5.19. The Balaban J connectivity index is 2.47. The molecule has 6 heteroatoms. The zero-order chi connectivity index (χ0) is 14.3. The largest absolute Gasteiger partial charge is 0.351 e. The number of nitrogen functional groups attached to an aromatic ring is 1. The van der Waals surface area contributed by atoms with Crippen molar-refractivity contribution >= 4 is 11.6 Å². The monoisotopic (exact) mass is 265 g/mol. The van der Waals surface area contributed by atoms with Crippen LogP contribution < -0.4 is 16.6 Å². The van der Waals surface area contributed by atoms with Crippen LogP contribution in [0.25, 0.3) is 0 Å². The molecule has 0 spiro atoms. The molecule has 1 heterocycles. The van der Waals surface area contributed by atoms with E-state index >= 15 is 0 Å². The predicted octanol–water partition coefficient (Wildman–Crippen LogP) is 0.827. The van der Waals surface area contributed by atoms with Gasteiger partial charge in [-0.25, -0.2) is 0 Å². The van der Waals surface area contributed by atoms with E-state index < -0.39 is 0 Å². The van der Waals surface area contributed by atoms with Crippen LogP contribution >= 0.6 is 0 Å². The minimum atomic E-state index is -0.168. The lowest BCUT2D eigenvalue weighted by molar-refractivity contribution is 0.0948. The summed E-state index contributed by atoms with van der Waals surface area (Å²) in [7, 11) is 2.05. The molecule has 1 unspecified atom stereocenters. The van der Waals surface area contributed by atoms with Gasteiger partial charge in [0.25, 0.3) is 5.91 Å². The minimum Gasteiger partial charge on any atom is -0.351 e. The fraction of sp³-hybridized carbons (Fsp3) is 0.538. The minimum absolute atomic E-state index is 0.168. The smallest absolute Gasteiger partial charge is 0.255 e. The second-order valence-electron chi connectivity index (χ2n) is 4.56. The first-order valence-corrected chi connectivity index (χ1v) is 6.49. The SMILES string of the molecule is CCC(C)N(C)CCNC(=O)c1cnccc1NN. The summed E-state index contributed by atoms with van der Waals surface area (Å²) in [6.07, 6.45) is 4.18. The number of carbonyl (C=O) groups excluding carboxylic acids is 1. The van der Waals surface area contributed by atoms with Crippen LogP contribution in [-0.4, -0.2) is 42.0 Å². The number of likely N-dealkylation sites (N-methyl/N-ethyl adjacent to an activating group) is 1. The van der Waals surface area contributed by atoms with Gasteiger partial charge in [-0.1, -0.05) is 6.92 Å². The third-order valence-corrected chi connectivity index (χ3v) is 3.31. The number of hydrogen-bond acceptors (Lipinski definition) is 5. The lowest BCUT2D eigenvalue weighted by Gasteiger charge is -2.23. The summed E-state index contributed by atoms with van der Waals surface area (Å²) < 4.78 is 0. The molecule has 1 atom stereocenters. The summed E-state index contributed by atoms with van der Waals surface area (Å²) in [6.45, 7) is 5.72. The number of amides is 1. The van der Waals surface area contributed by atoms with Gasteiger partial charge in [-0.2, -0.15) is 0 Å². The third kappa shape index (κ3) is 4.50. The summed E-state index contributed by atoms with van der Waals surface area (Å²) in [4.78, 5) is 18.1. The number of nitrogens with one attached hydrogen (secondary N) is 2. The first kappa shape index (κ1) is 15.4. The summed E-state index contributed by atoms with van der Waals surface area (Å²) in [5, 5.41) is 2.87. The molecule has 0 aliphatic heterocycles. The van der Waals surface area contributed by atoms with Gasteiger partial charge in [0, 0.05) is 31.5 Å². The molecule has 0 aliphatic rings. The van der Waals surface area contributed by atoms with Gasteiger partial charge in [0.05, 0.1) is 11.3 Å². The Morgan fingerprint density at radius 2 is 2.32 bits per heavy atom. The normalized spacial score (nSPS) is 12.3. The first-order valence-electron chi connectivity index (χ1n) is 6.49. The molecule has 4 N–H and O–H groups in total. The summed E-state index contributed by atoms with van der Waals surface area (Å²) in [6, 6.07) is 2.18. The van der Waals surface area contributed by atoms with Crippen LogP contribution in [-0.2, 0) is 0 Å². The van der Waals surface area contributed by atoms with E-state index in [2.05, 4.69) is 41.5 Å². The molecular formula is C13H23N5O. The Morgan fingerprint density at radius 1 is 1.58 bits per heavy atom. The maximum atomic E-state index is 12.0. The van der Waals surface area contributed by atoms with Gasteiger partial charge in [0.15, 0.2) is 0 Å². The van der Waals surface area contributed by atoms with Crippen molar-refractivity contribution in [2.45, 2.75) is 26.3 Å². The molecule has 0 bridgehead atoms. The van der Waals surface area contributed by atoms with E-state index in [-0.39, 0.29) is 5.91 Å². The summed E-state index contributed by atoms with van der Waals surface area (Å²) in [5.41, 5.74) is 3.52. The van der Waals surface area contributed by atoms with E-state index in [1.807, 2.05) is 0 Å². The number of hydrogen-bond donors (Lipinski definition) is 3. The fourth-order valence-corrected chi connectivity index (χ4v) is 1.67. The number of pyridine rings is 1. The van der Waals surface area contributed by atoms with E-state index in [0.29, 0.717) is 23.8 Å².